The minimum absolute atomic E-state index is 0.581. The van der Waals surface area contributed by atoms with Gasteiger partial charge < -0.3 is 20.1 Å². The maximum atomic E-state index is 5.69. The summed E-state index contributed by atoms with van der Waals surface area (Å²) < 4.78 is 11.3. The molecular weight excluding hydrogens is 268 g/mol. The fourth-order valence-corrected chi connectivity index (χ4v) is 2.07. The zero-order valence-corrected chi connectivity index (χ0v) is 12.1. The van der Waals surface area contributed by atoms with Crippen molar-refractivity contribution in [2.45, 2.75) is 13.3 Å². The van der Waals surface area contributed by atoms with Crippen LogP contribution < -0.4 is 20.1 Å². The van der Waals surface area contributed by atoms with Gasteiger partial charge in [0, 0.05) is 37.0 Å². The van der Waals surface area contributed by atoms with E-state index in [9.17, 15) is 0 Å². The molecule has 0 saturated carbocycles. The van der Waals surface area contributed by atoms with E-state index in [1.807, 2.05) is 25.1 Å². The Kier molecular flexibility index (Phi) is 3.77. The summed E-state index contributed by atoms with van der Waals surface area (Å²) in [6, 6.07) is 5.80. The number of nitrogens with one attached hydrogen (secondary N) is 2. The third-order valence-electron chi connectivity index (χ3n) is 3.21. The SMILES string of the molecule is CNc1ncc(C)c(Nc2ccc3c(c2)OCCCO3)n1. The lowest BCUT2D eigenvalue weighted by molar-refractivity contribution is 0.297. The lowest BCUT2D eigenvalue weighted by Gasteiger charge is -2.12. The van der Waals surface area contributed by atoms with Gasteiger partial charge in [0.2, 0.25) is 5.95 Å². The number of fused-ring (bicyclic) bond motifs is 1. The van der Waals surface area contributed by atoms with Gasteiger partial charge >= 0.3 is 0 Å². The molecule has 0 fully saturated rings. The molecule has 110 valence electrons. The van der Waals surface area contributed by atoms with Crippen molar-refractivity contribution in [2.24, 2.45) is 0 Å². The first-order valence-electron chi connectivity index (χ1n) is 6.94. The van der Waals surface area contributed by atoms with Crippen LogP contribution in [0.15, 0.2) is 24.4 Å². The van der Waals surface area contributed by atoms with Crippen LogP contribution in [0.25, 0.3) is 0 Å². The van der Waals surface area contributed by atoms with Crippen molar-refractivity contribution in [3.05, 3.63) is 30.0 Å². The molecule has 0 atom stereocenters. The number of benzene rings is 1. The highest BCUT2D eigenvalue weighted by Crippen LogP contribution is 2.33. The number of aromatic nitrogens is 2. The normalized spacial score (nSPS) is 13.4. The van der Waals surface area contributed by atoms with Crippen LogP contribution in [0.3, 0.4) is 0 Å². The molecule has 1 aliphatic rings. The molecule has 6 nitrogen and oxygen atoms in total. The Morgan fingerprint density at radius 2 is 1.95 bits per heavy atom. The molecule has 2 N–H and O–H groups in total. The second kappa shape index (κ2) is 5.87. The van der Waals surface area contributed by atoms with Gasteiger partial charge in [-0.15, -0.1) is 0 Å². The summed E-state index contributed by atoms with van der Waals surface area (Å²) in [6.45, 7) is 3.33. The Morgan fingerprint density at radius 1 is 1.14 bits per heavy atom. The van der Waals surface area contributed by atoms with Gasteiger partial charge in [-0.05, 0) is 19.1 Å². The average molecular weight is 286 g/mol. The molecule has 21 heavy (non-hydrogen) atoms. The molecule has 0 bridgehead atoms. The Bertz CT molecular complexity index is 646. The van der Waals surface area contributed by atoms with E-state index >= 15 is 0 Å². The lowest BCUT2D eigenvalue weighted by atomic mass is 10.2. The van der Waals surface area contributed by atoms with Crippen LogP contribution in [-0.4, -0.2) is 30.2 Å². The third-order valence-corrected chi connectivity index (χ3v) is 3.21. The van der Waals surface area contributed by atoms with Crippen LogP contribution in [0, 0.1) is 6.92 Å². The van der Waals surface area contributed by atoms with Gasteiger partial charge in [0.25, 0.3) is 0 Å². The van der Waals surface area contributed by atoms with E-state index in [1.165, 1.54) is 0 Å². The molecule has 0 amide bonds. The van der Waals surface area contributed by atoms with E-state index in [2.05, 4.69) is 20.6 Å². The molecule has 6 heteroatoms. The van der Waals surface area contributed by atoms with Crippen LogP contribution in [-0.2, 0) is 0 Å². The molecule has 2 aromatic rings. The topological polar surface area (TPSA) is 68.3 Å². The number of nitrogens with zero attached hydrogens (tertiary/aromatic N) is 2. The predicted octanol–water partition coefficient (Wildman–Crippen LogP) is 2.73. The minimum Gasteiger partial charge on any atom is -0.490 e. The van der Waals surface area contributed by atoms with Gasteiger partial charge in [-0.2, -0.15) is 4.98 Å². The summed E-state index contributed by atoms with van der Waals surface area (Å²) in [4.78, 5) is 8.59. The molecule has 0 spiro atoms. The third kappa shape index (κ3) is 2.99. The second-order valence-corrected chi connectivity index (χ2v) is 4.81. The Hall–Kier alpha value is -2.50. The largest absolute Gasteiger partial charge is 0.490 e. The van der Waals surface area contributed by atoms with E-state index in [-0.39, 0.29) is 0 Å². The highest BCUT2D eigenvalue weighted by molar-refractivity contribution is 5.63. The van der Waals surface area contributed by atoms with Crippen molar-refractivity contribution >= 4 is 17.5 Å². The minimum atomic E-state index is 0.581. The summed E-state index contributed by atoms with van der Waals surface area (Å²) in [5, 5.41) is 6.22. The molecule has 2 heterocycles. The van der Waals surface area contributed by atoms with Crippen molar-refractivity contribution < 1.29 is 9.47 Å². The van der Waals surface area contributed by atoms with Crippen molar-refractivity contribution in [1.29, 1.82) is 0 Å². The van der Waals surface area contributed by atoms with E-state index < -0.39 is 0 Å². The Balaban J connectivity index is 1.86. The van der Waals surface area contributed by atoms with Gasteiger partial charge in [-0.3, -0.25) is 0 Å². The second-order valence-electron chi connectivity index (χ2n) is 4.81. The molecule has 0 radical (unpaired) electrons. The molecular formula is C15H18N4O2. The molecule has 3 rings (SSSR count). The molecule has 1 aliphatic heterocycles. The van der Waals surface area contributed by atoms with Crippen LogP contribution in [0.1, 0.15) is 12.0 Å². The van der Waals surface area contributed by atoms with Gasteiger partial charge in [0.15, 0.2) is 11.5 Å². The fourth-order valence-electron chi connectivity index (χ4n) is 2.07. The van der Waals surface area contributed by atoms with Crippen LogP contribution >= 0.6 is 0 Å². The summed E-state index contributed by atoms with van der Waals surface area (Å²) in [5.74, 6) is 2.90. The van der Waals surface area contributed by atoms with E-state index in [1.54, 1.807) is 13.2 Å². The number of rotatable bonds is 3. The van der Waals surface area contributed by atoms with Crippen LogP contribution in [0.2, 0.25) is 0 Å². The number of aryl methyl sites for hydroxylation is 1. The number of anilines is 3. The molecule has 1 aromatic carbocycles. The van der Waals surface area contributed by atoms with Gasteiger partial charge in [-0.25, -0.2) is 4.98 Å². The zero-order chi connectivity index (χ0) is 14.7. The van der Waals surface area contributed by atoms with Crippen molar-refractivity contribution in [3.8, 4) is 11.5 Å². The highest BCUT2D eigenvalue weighted by atomic mass is 16.5. The predicted molar refractivity (Wildman–Crippen MR) is 81.6 cm³/mol. The number of hydrogen-bond acceptors (Lipinski definition) is 6. The van der Waals surface area contributed by atoms with Gasteiger partial charge in [0.1, 0.15) is 5.82 Å². The first-order chi connectivity index (χ1) is 10.3. The first-order valence-corrected chi connectivity index (χ1v) is 6.94. The Labute approximate surface area is 123 Å². The van der Waals surface area contributed by atoms with E-state index in [4.69, 9.17) is 9.47 Å². The summed E-state index contributed by atoms with van der Waals surface area (Å²) in [6.07, 6.45) is 2.68. The van der Waals surface area contributed by atoms with Crippen molar-refractivity contribution in [2.75, 3.05) is 30.9 Å². The van der Waals surface area contributed by atoms with Crippen LogP contribution in [0.4, 0.5) is 17.5 Å². The zero-order valence-electron chi connectivity index (χ0n) is 12.1. The quantitative estimate of drug-likeness (QED) is 0.904. The highest BCUT2D eigenvalue weighted by Gasteiger charge is 2.11. The first kappa shape index (κ1) is 13.5. The van der Waals surface area contributed by atoms with Crippen molar-refractivity contribution in [1.82, 2.24) is 9.97 Å². The lowest BCUT2D eigenvalue weighted by Crippen LogP contribution is -2.02. The number of hydrogen-bond donors (Lipinski definition) is 2. The fraction of sp³-hybridized carbons (Fsp3) is 0.333. The monoisotopic (exact) mass is 286 g/mol. The summed E-state index contributed by atoms with van der Waals surface area (Å²) in [5.41, 5.74) is 1.88. The standard InChI is InChI=1S/C15H18N4O2/c1-10-9-17-15(16-2)19-14(10)18-11-4-5-12-13(8-11)21-7-3-6-20-12/h4-5,8-9H,3,6-7H2,1-2H3,(H2,16,17,18,19). The molecule has 0 saturated heterocycles. The van der Waals surface area contributed by atoms with E-state index in [0.29, 0.717) is 19.2 Å². The van der Waals surface area contributed by atoms with Crippen LogP contribution in [0.5, 0.6) is 11.5 Å². The molecule has 0 unspecified atom stereocenters. The van der Waals surface area contributed by atoms with Gasteiger partial charge in [0.05, 0.1) is 13.2 Å². The number of ether oxygens (including phenoxy) is 2. The van der Waals surface area contributed by atoms with Gasteiger partial charge in [-0.1, -0.05) is 0 Å². The molecule has 0 aliphatic carbocycles. The maximum absolute atomic E-state index is 5.69. The average Bonchev–Trinajstić information content (AvgIpc) is 2.74. The summed E-state index contributed by atoms with van der Waals surface area (Å²) in [7, 11) is 1.79. The Morgan fingerprint density at radius 3 is 2.76 bits per heavy atom. The smallest absolute Gasteiger partial charge is 0.224 e. The molecule has 1 aromatic heterocycles. The summed E-state index contributed by atoms with van der Waals surface area (Å²) >= 11 is 0. The van der Waals surface area contributed by atoms with E-state index in [0.717, 1.165) is 35.0 Å². The van der Waals surface area contributed by atoms with Crippen molar-refractivity contribution in [3.63, 3.8) is 0 Å². The maximum Gasteiger partial charge on any atom is 0.224 e.